The normalized spacial score (nSPS) is 21.7. The van der Waals surface area contributed by atoms with Crippen LogP contribution in [0.1, 0.15) is 30.1 Å². The van der Waals surface area contributed by atoms with Gasteiger partial charge in [-0.2, -0.15) is 0 Å². The van der Waals surface area contributed by atoms with Gasteiger partial charge in [0.15, 0.2) is 0 Å². The lowest BCUT2D eigenvalue weighted by Crippen LogP contribution is -2.42. The summed E-state index contributed by atoms with van der Waals surface area (Å²) < 4.78 is 0. The Balaban J connectivity index is 2.09. The molecule has 0 aliphatic carbocycles. The van der Waals surface area contributed by atoms with Crippen LogP contribution in [0.5, 0.6) is 0 Å². The molecule has 18 heavy (non-hydrogen) atoms. The third-order valence-corrected chi connectivity index (χ3v) is 3.72. The van der Waals surface area contributed by atoms with Crippen molar-refractivity contribution in [3.63, 3.8) is 0 Å². The number of rotatable bonds is 3. The van der Waals surface area contributed by atoms with E-state index in [9.17, 15) is 4.79 Å². The number of carbonyl (C=O) groups is 1. The van der Waals surface area contributed by atoms with E-state index < -0.39 is 0 Å². The van der Waals surface area contributed by atoms with Crippen molar-refractivity contribution in [2.45, 2.75) is 25.8 Å². The van der Waals surface area contributed by atoms with E-state index in [1.807, 2.05) is 12.1 Å². The molecular formula is C14H21N3O. The Morgan fingerprint density at radius 3 is 2.61 bits per heavy atom. The molecule has 0 spiro atoms. The molecule has 98 valence electrons. The molecule has 1 heterocycles. The molecule has 0 bridgehead atoms. The molecule has 4 heteroatoms. The number of carbonyl (C=O) groups excluding carboxylic acids is 1. The van der Waals surface area contributed by atoms with Crippen molar-refractivity contribution in [1.82, 2.24) is 0 Å². The van der Waals surface area contributed by atoms with Crippen molar-refractivity contribution in [1.29, 1.82) is 0 Å². The quantitative estimate of drug-likeness (QED) is 0.847. The van der Waals surface area contributed by atoms with Gasteiger partial charge in [0.1, 0.15) is 0 Å². The number of amides is 1. The molecule has 0 radical (unpaired) electrons. The molecule has 1 aromatic rings. The highest BCUT2D eigenvalue weighted by atomic mass is 16.1. The minimum atomic E-state index is -0.381. The predicted octanol–water partition coefficient (Wildman–Crippen LogP) is 1.35. The van der Waals surface area contributed by atoms with Gasteiger partial charge in [-0.25, -0.2) is 0 Å². The van der Waals surface area contributed by atoms with E-state index in [1.165, 1.54) is 12.8 Å². The van der Waals surface area contributed by atoms with Crippen molar-refractivity contribution < 1.29 is 4.79 Å². The van der Waals surface area contributed by atoms with Gasteiger partial charge in [-0.05, 0) is 49.9 Å². The Morgan fingerprint density at radius 1 is 1.39 bits per heavy atom. The lowest BCUT2D eigenvalue weighted by molar-refractivity contribution is 0.100. The number of piperidine rings is 1. The van der Waals surface area contributed by atoms with Crippen LogP contribution in [0.25, 0.3) is 0 Å². The van der Waals surface area contributed by atoms with Crippen LogP contribution in [-0.4, -0.2) is 25.0 Å². The van der Waals surface area contributed by atoms with E-state index >= 15 is 0 Å². The first-order valence-corrected chi connectivity index (χ1v) is 6.48. The minimum Gasteiger partial charge on any atom is -0.371 e. The zero-order chi connectivity index (χ0) is 13.1. The van der Waals surface area contributed by atoms with Gasteiger partial charge in [-0.3, -0.25) is 4.79 Å². The SMILES string of the molecule is CC(N)C1CCCN(c2ccc(C(N)=O)cc2)C1. The van der Waals surface area contributed by atoms with Gasteiger partial charge in [0, 0.05) is 30.4 Å². The first-order valence-electron chi connectivity index (χ1n) is 6.48. The van der Waals surface area contributed by atoms with Gasteiger partial charge in [0.05, 0.1) is 0 Å². The summed E-state index contributed by atoms with van der Waals surface area (Å²) in [5.41, 5.74) is 12.9. The van der Waals surface area contributed by atoms with Crippen LogP contribution in [0.2, 0.25) is 0 Å². The Bertz CT molecular complexity index is 414. The fourth-order valence-electron chi connectivity index (χ4n) is 2.51. The standard InChI is InChI=1S/C14H21N3O/c1-10(15)12-3-2-8-17(9-12)13-6-4-11(5-7-13)14(16)18/h4-7,10,12H,2-3,8-9,15H2,1H3,(H2,16,18). The van der Waals surface area contributed by atoms with Crippen LogP contribution in [0, 0.1) is 5.92 Å². The largest absolute Gasteiger partial charge is 0.371 e. The van der Waals surface area contributed by atoms with Crippen LogP contribution in [0.4, 0.5) is 5.69 Å². The van der Waals surface area contributed by atoms with Gasteiger partial charge >= 0.3 is 0 Å². The van der Waals surface area contributed by atoms with E-state index in [2.05, 4.69) is 11.8 Å². The molecule has 4 N–H and O–H groups in total. The van der Waals surface area contributed by atoms with Crippen molar-refractivity contribution in [3.05, 3.63) is 29.8 Å². The lowest BCUT2D eigenvalue weighted by atomic mass is 9.92. The molecule has 0 aromatic heterocycles. The van der Waals surface area contributed by atoms with Crippen LogP contribution >= 0.6 is 0 Å². The highest BCUT2D eigenvalue weighted by molar-refractivity contribution is 5.93. The average Bonchev–Trinajstić information content (AvgIpc) is 2.39. The molecule has 1 aromatic carbocycles. The topological polar surface area (TPSA) is 72.3 Å². The van der Waals surface area contributed by atoms with Crippen molar-refractivity contribution >= 4 is 11.6 Å². The number of nitrogens with two attached hydrogens (primary N) is 2. The molecule has 4 nitrogen and oxygen atoms in total. The zero-order valence-electron chi connectivity index (χ0n) is 10.8. The lowest BCUT2D eigenvalue weighted by Gasteiger charge is -2.36. The number of nitrogens with zero attached hydrogens (tertiary/aromatic N) is 1. The van der Waals surface area contributed by atoms with E-state index in [1.54, 1.807) is 12.1 Å². The summed E-state index contributed by atoms with van der Waals surface area (Å²) in [7, 11) is 0. The zero-order valence-corrected chi connectivity index (χ0v) is 10.8. The van der Waals surface area contributed by atoms with Gasteiger partial charge in [0.25, 0.3) is 0 Å². The Labute approximate surface area is 108 Å². The van der Waals surface area contributed by atoms with Gasteiger partial charge in [-0.15, -0.1) is 0 Å². The summed E-state index contributed by atoms with van der Waals surface area (Å²) in [5.74, 6) is 0.170. The van der Waals surface area contributed by atoms with Crippen molar-refractivity contribution in [2.24, 2.45) is 17.4 Å². The second-order valence-corrected chi connectivity index (χ2v) is 5.12. The van der Waals surface area contributed by atoms with Gasteiger partial charge in [0.2, 0.25) is 5.91 Å². The number of hydrogen-bond acceptors (Lipinski definition) is 3. The van der Waals surface area contributed by atoms with E-state index in [-0.39, 0.29) is 11.9 Å². The van der Waals surface area contributed by atoms with E-state index in [0.717, 1.165) is 18.8 Å². The first kappa shape index (κ1) is 12.9. The summed E-state index contributed by atoms with van der Waals surface area (Å²) in [5, 5.41) is 0. The fraction of sp³-hybridized carbons (Fsp3) is 0.500. The van der Waals surface area contributed by atoms with Gasteiger partial charge in [-0.1, -0.05) is 0 Å². The summed E-state index contributed by atoms with van der Waals surface area (Å²) in [6, 6.07) is 7.73. The Morgan fingerprint density at radius 2 is 2.06 bits per heavy atom. The van der Waals surface area contributed by atoms with E-state index in [0.29, 0.717) is 11.5 Å². The fourth-order valence-corrected chi connectivity index (χ4v) is 2.51. The van der Waals surface area contributed by atoms with E-state index in [4.69, 9.17) is 11.5 Å². The second-order valence-electron chi connectivity index (χ2n) is 5.12. The van der Waals surface area contributed by atoms with Crippen LogP contribution in [0.15, 0.2) is 24.3 Å². The molecular weight excluding hydrogens is 226 g/mol. The number of benzene rings is 1. The van der Waals surface area contributed by atoms with Gasteiger partial charge < -0.3 is 16.4 Å². The van der Waals surface area contributed by atoms with Crippen LogP contribution in [0.3, 0.4) is 0 Å². The third-order valence-electron chi connectivity index (χ3n) is 3.72. The molecule has 1 aliphatic heterocycles. The molecule has 0 saturated carbocycles. The summed E-state index contributed by atoms with van der Waals surface area (Å²) in [6.07, 6.45) is 2.37. The number of primary amides is 1. The van der Waals surface area contributed by atoms with Crippen LogP contribution < -0.4 is 16.4 Å². The molecule has 2 unspecified atom stereocenters. The molecule has 1 amide bonds. The smallest absolute Gasteiger partial charge is 0.248 e. The molecule has 1 fully saturated rings. The monoisotopic (exact) mass is 247 g/mol. The van der Waals surface area contributed by atoms with Crippen molar-refractivity contribution in [2.75, 3.05) is 18.0 Å². The maximum atomic E-state index is 11.0. The Hall–Kier alpha value is -1.55. The molecule has 1 aliphatic rings. The maximum Gasteiger partial charge on any atom is 0.248 e. The summed E-state index contributed by atoms with van der Waals surface area (Å²) in [4.78, 5) is 13.4. The number of hydrogen-bond donors (Lipinski definition) is 2. The number of anilines is 1. The maximum absolute atomic E-state index is 11.0. The predicted molar refractivity (Wildman–Crippen MR) is 73.5 cm³/mol. The second kappa shape index (κ2) is 5.40. The first-order chi connectivity index (χ1) is 8.58. The Kier molecular flexibility index (Phi) is 3.87. The molecule has 2 atom stereocenters. The average molecular weight is 247 g/mol. The van der Waals surface area contributed by atoms with Crippen LogP contribution in [-0.2, 0) is 0 Å². The molecule has 1 saturated heterocycles. The minimum absolute atomic E-state index is 0.234. The van der Waals surface area contributed by atoms with Crippen molar-refractivity contribution in [3.8, 4) is 0 Å². The summed E-state index contributed by atoms with van der Waals surface area (Å²) in [6.45, 7) is 4.12. The highest BCUT2D eigenvalue weighted by Gasteiger charge is 2.22. The molecule has 2 rings (SSSR count). The highest BCUT2D eigenvalue weighted by Crippen LogP contribution is 2.24. The summed E-state index contributed by atoms with van der Waals surface area (Å²) >= 11 is 0. The third kappa shape index (κ3) is 2.82.